The molecule has 3 aromatic rings. The molecule has 1 aromatic heterocycles. The molecular weight excluding hydrogens is 260 g/mol. The van der Waals surface area contributed by atoms with Gasteiger partial charge in [-0.05, 0) is 34.2 Å². The molecule has 0 atom stereocenters. The summed E-state index contributed by atoms with van der Waals surface area (Å²) < 4.78 is 0. The van der Waals surface area contributed by atoms with Gasteiger partial charge in [0.15, 0.2) is 0 Å². The molecule has 0 saturated carbocycles. The topological polar surface area (TPSA) is 64.7 Å². The Kier molecular flexibility index (Phi) is 3.09. The van der Waals surface area contributed by atoms with E-state index >= 15 is 0 Å². The fourth-order valence-electron chi connectivity index (χ4n) is 2.29. The molecule has 0 aliphatic heterocycles. The third-order valence-electron chi connectivity index (χ3n) is 3.55. The molecule has 4 nitrogen and oxygen atoms in total. The first-order valence-electron chi connectivity index (χ1n) is 6.94. The van der Waals surface area contributed by atoms with Crippen molar-refractivity contribution in [1.82, 2.24) is 15.2 Å². The molecule has 2 N–H and O–H groups in total. The van der Waals surface area contributed by atoms with Crippen LogP contribution < -0.4 is 5.73 Å². The summed E-state index contributed by atoms with van der Waals surface area (Å²) in [6.45, 7) is 6.64. The highest BCUT2D eigenvalue weighted by molar-refractivity contribution is 5.81. The van der Waals surface area contributed by atoms with E-state index < -0.39 is 0 Å². The highest BCUT2D eigenvalue weighted by atomic mass is 15.2. The predicted molar refractivity (Wildman–Crippen MR) is 85.9 cm³/mol. The third kappa shape index (κ3) is 2.70. The first kappa shape index (κ1) is 13.5. The van der Waals surface area contributed by atoms with Gasteiger partial charge >= 0.3 is 0 Å². The van der Waals surface area contributed by atoms with Crippen molar-refractivity contribution in [3.63, 3.8) is 0 Å². The summed E-state index contributed by atoms with van der Waals surface area (Å²) in [7, 11) is 0. The molecule has 0 aliphatic carbocycles. The van der Waals surface area contributed by atoms with Gasteiger partial charge in [0.05, 0.1) is 5.52 Å². The summed E-state index contributed by atoms with van der Waals surface area (Å²) in [4.78, 5) is 4.16. The Hall–Kier alpha value is -2.49. The van der Waals surface area contributed by atoms with Gasteiger partial charge in [-0.2, -0.15) is 0 Å². The lowest BCUT2D eigenvalue weighted by Gasteiger charge is -2.19. The number of benzene rings is 2. The average Bonchev–Trinajstić information content (AvgIpc) is 2.46. The maximum atomic E-state index is 5.55. The second kappa shape index (κ2) is 4.81. The highest BCUT2D eigenvalue weighted by Gasteiger charge is 2.13. The minimum Gasteiger partial charge on any atom is -0.366 e. The van der Waals surface area contributed by atoms with Crippen molar-refractivity contribution in [2.75, 3.05) is 5.73 Å². The molecule has 21 heavy (non-hydrogen) atoms. The zero-order valence-electron chi connectivity index (χ0n) is 12.5. The zero-order valence-corrected chi connectivity index (χ0v) is 12.5. The summed E-state index contributed by atoms with van der Waals surface area (Å²) in [5.74, 6) is 0.199. The number of hydrogen-bond acceptors (Lipinski definition) is 4. The lowest BCUT2D eigenvalue weighted by atomic mass is 9.86. The molecule has 4 heteroatoms. The molecule has 0 bridgehead atoms. The van der Waals surface area contributed by atoms with E-state index in [4.69, 9.17) is 5.73 Å². The maximum Gasteiger partial charge on any atom is 0.240 e. The summed E-state index contributed by atoms with van der Waals surface area (Å²) in [5, 5.41) is 7.89. The largest absolute Gasteiger partial charge is 0.366 e. The summed E-state index contributed by atoms with van der Waals surface area (Å²) >= 11 is 0. The van der Waals surface area contributed by atoms with Crippen LogP contribution in [0.25, 0.3) is 22.2 Å². The fourth-order valence-corrected chi connectivity index (χ4v) is 2.29. The Balaban J connectivity index is 2.02. The monoisotopic (exact) mass is 278 g/mol. The number of anilines is 1. The predicted octanol–water partition coefficient (Wildman–Crippen LogP) is 3.57. The first-order chi connectivity index (χ1) is 9.93. The second-order valence-electron chi connectivity index (χ2n) is 6.20. The molecule has 0 aliphatic rings. The summed E-state index contributed by atoms with van der Waals surface area (Å²) in [6, 6.07) is 14.6. The van der Waals surface area contributed by atoms with E-state index in [-0.39, 0.29) is 11.4 Å². The van der Waals surface area contributed by atoms with Gasteiger partial charge < -0.3 is 5.73 Å². The number of rotatable bonds is 1. The third-order valence-corrected chi connectivity index (χ3v) is 3.55. The number of fused-ring (bicyclic) bond motifs is 1. The number of nitrogens with two attached hydrogens (primary N) is 1. The molecule has 0 amide bonds. The Morgan fingerprint density at radius 2 is 1.48 bits per heavy atom. The number of aromatic nitrogens is 3. The van der Waals surface area contributed by atoms with Crippen molar-refractivity contribution in [3.8, 4) is 11.1 Å². The van der Waals surface area contributed by atoms with Crippen LogP contribution in [0.2, 0.25) is 0 Å². The van der Waals surface area contributed by atoms with Crippen molar-refractivity contribution in [3.05, 3.63) is 48.0 Å². The van der Waals surface area contributed by atoms with Gasteiger partial charge in [0, 0.05) is 0 Å². The summed E-state index contributed by atoms with van der Waals surface area (Å²) in [5.41, 5.74) is 10.8. The van der Waals surface area contributed by atoms with E-state index in [1.165, 1.54) is 5.56 Å². The lowest BCUT2D eigenvalue weighted by molar-refractivity contribution is 0.590. The normalized spacial score (nSPS) is 11.8. The molecule has 0 spiro atoms. The molecule has 0 saturated heterocycles. The molecule has 1 heterocycles. The Bertz CT molecular complexity index is 786. The van der Waals surface area contributed by atoms with Gasteiger partial charge in [-0.3, -0.25) is 0 Å². The highest BCUT2D eigenvalue weighted by Crippen LogP contribution is 2.27. The maximum absolute atomic E-state index is 5.55. The van der Waals surface area contributed by atoms with Gasteiger partial charge in [-0.1, -0.05) is 51.1 Å². The van der Waals surface area contributed by atoms with Gasteiger partial charge in [-0.15, -0.1) is 10.2 Å². The lowest BCUT2D eigenvalue weighted by Crippen LogP contribution is -2.10. The summed E-state index contributed by atoms with van der Waals surface area (Å²) in [6.07, 6.45) is 0. The zero-order chi connectivity index (χ0) is 15.0. The number of hydrogen-bond donors (Lipinski definition) is 1. The SMILES string of the molecule is CC(C)(C)c1ccc(-c2ccc3nc(N)nnc3c2)cc1. The van der Waals surface area contributed by atoms with E-state index in [1.807, 2.05) is 18.2 Å². The van der Waals surface area contributed by atoms with E-state index in [0.29, 0.717) is 0 Å². The van der Waals surface area contributed by atoms with Crippen LogP contribution in [0.3, 0.4) is 0 Å². The second-order valence-corrected chi connectivity index (χ2v) is 6.20. The Morgan fingerprint density at radius 3 is 2.14 bits per heavy atom. The minimum atomic E-state index is 0.162. The van der Waals surface area contributed by atoms with Gasteiger partial charge in [-0.25, -0.2) is 4.98 Å². The average molecular weight is 278 g/mol. The van der Waals surface area contributed by atoms with Crippen molar-refractivity contribution >= 4 is 17.0 Å². The van der Waals surface area contributed by atoms with Crippen molar-refractivity contribution in [2.24, 2.45) is 0 Å². The standard InChI is InChI=1S/C17H18N4/c1-17(2,3)13-7-4-11(5-8-13)12-6-9-14-15(10-12)20-21-16(18)19-14/h4-10H,1-3H3,(H2,18,19,21). The van der Waals surface area contributed by atoms with Crippen LogP contribution in [0.15, 0.2) is 42.5 Å². The van der Waals surface area contributed by atoms with E-state index in [2.05, 4.69) is 60.2 Å². The van der Waals surface area contributed by atoms with Crippen LogP contribution in [0.4, 0.5) is 5.95 Å². The van der Waals surface area contributed by atoms with Crippen LogP contribution in [0.5, 0.6) is 0 Å². The minimum absolute atomic E-state index is 0.162. The smallest absolute Gasteiger partial charge is 0.240 e. The number of nitrogens with zero attached hydrogens (tertiary/aromatic N) is 3. The first-order valence-corrected chi connectivity index (χ1v) is 6.94. The molecular formula is C17H18N4. The molecule has 106 valence electrons. The van der Waals surface area contributed by atoms with Crippen molar-refractivity contribution in [1.29, 1.82) is 0 Å². The fraction of sp³-hybridized carbons (Fsp3) is 0.235. The Morgan fingerprint density at radius 1 is 0.810 bits per heavy atom. The van der Waals surface area contributed by atoms with Gasteiger partial charge in [0.2, 0.25) is 5.95 Å². The van der Waals surface area contributed by atoms with Gasteiger partial charge in [0.25, 0.3) is 0 Å². The van der Waals surface area contributed by atoms with Crippen LogP contribution in [0, 0.1) is 0 Å². The molecule has 0 unspecified atom stereocenters. The molecule has 2 aromatic carbocycles. The Labute approximate surface area is 124 Å². The van der Waals surface area contributed by atoms with E-state index in [9.17, 15) is 0 Å². The van der Waals surface area contributed by atoms with E-state index in [1.54, 1.807) is 0 Å². The van der Waals surface area contributed by atoms with E-state index in [0.717, 1.165) is 22.2 Å². The number of nitrogen functional groups attached to an aromatic ring is 1. The quantitative estimate of drug-likeness (QED) is 0.739. The molecule has 0 fully saturated rings. The van der Waals surface area contributed by atoms with Crippen LogP contribution >= 0.6 is 0 Å². The van der Waals surface area contributed by atoms with Crippen LogP contribution in [0.1, 0.15) is 26.3 Å². The van der Waals surface area contributed by atoms with Crippen molar-refractivity contribution in [2.45, 2.75) is 26.2 Å². The molecule has 3 rings (SSSR count). The molecule has 0 radical (unpaired) electrons. The van der Waals surface area contributed by atoms with Crippen LogP contribution in [-0.2, 0) is 5.41 Å². The van der Waals surface area contributed by atoms with Crippen LogP contribution in [-0.4, -0.2) is 15.2 Å². The van der Waals surface area contributed by atoms with Crippen molar-refractivity contribution < 1.29 is 0 Å². The van der Waals surface area contributed by atoms with Gasteiger partial charge in [0.1, 0.15) is 5.52 Å².